The second-order valence-electron chi connectivity index (χ2n) is 5.05. The third-order valence-corrected chi connectivity index (χ3v) is 6.31. The summed E-state index contributed by atoms with van der Waals surface area (Å²) in [6, 6.07) is -1.41. The van der Waals surface area contributed by atoms with Gasteiger partial charge in [-0.15, -0.1) is 23.5 Å². The van der Waals surface area contributed by atoms with E-state index in [2.05, 4.69) is 0 Å². The van der Waals surface area contributed by atoms with Gasteiger partial charge in [0.2, 0.25) is 0 Å². The normalized spacial score (nSPS) is 39.5. The Balaban J connectivity index is 1.88. The highest BCUT2D eigenvalue weighted by Crippen LogP contribution is 2.42. The number of aliphatic hydroxyl groups excluding tert-OH is 4. The molecule has 0 spiro atoms. The molecule has 8 nitrogen and oxygen atoms in total. The summed E-state index contributed by atoms with van der Waals surface area (Å²) in [5, 5.41) is 39.1. The van der Waals surface area contributed by atoms with Gasteiger partial charge >= 0.3 is 0 Å². The number of carbonyl (C=O) groups excluding carboxylic acids is 2. The van der Waals surface area contributed by atoms with Gasteiger partial charge in [-0.2, -0.15) is 0 Å². The molecule has 1 saturated heterocycles. The number of ether oxygens (including phenoxy) is 1. The van der Waals surface area contributed by atoms with Gasteiger partial charge in [0.05, 0.1) is 16.4 Å². The Morgan fingerprint density at radius 1 is 1.05 bits per heavy atom. The molecular weight excluding hydrogens is 334 g/mol. The molecule has 3 unspecified atom stereocenters. The van der Waals surface area contributed by atoms with E-state index in [0.717, 1.165) is 4.90 Å². The molecule has 1 fully saturated rings. The third kappa shape index (κ3) is 2.39. The molecule has 0 aromatic heterocycles. The fraction of sp³-hybridized carbons (Fsp3) is 0.667. The van der Waals surface area contributed by atoms with Gasteiger partial charge < -0.3 is 25.2 Å². The van der Waals surface area contributed by atoms with Gasteiger partial charge in [0.1, 0.15) is 24.4 Å². The molecule has 0 saturated carbocycles. The number of imide groups is 1. The molecule has 0 bridgehead atoms. The molecule has 3 aliphatic heterocycles. The maximum Gasteiger partial charge on any atom is 0.269 e. The highest BCUT2D eigenvalue weighted by Gasteiger charge is 2.53. The Labute approximate surface area is 134 Å². The number of hydrogen-bond donors (Lipinski definition) is 4. The highest BCUT2D eigenvalue weighted by molar-refractivity contribution is 8.11. The van der Waals surface area contributed by atoms with E-state index in [4.69, 9.17) is 9.84 Å². The van der Waals surface area contributed by atoms with Crippen molar-refractivity contribution < 1.29 is 34.8 Å². The van der Waals surface area contributed by atoms with Gasteiger partial charge in [-0.1, -0.05) is 0 Å². The maximum atomic E-state index is 12.4. The van der Waals surface area contributed by atoms with Gasteiger partial charge in [0, 0.05) is 11.5 Å². The minimum Gasteiger partial charge on any atom is -0.394 e. The zero-order valence-corrected chi connectivity index (χ0v) is 12.9. The van der Waals surface area contributed by atoms with Crippen LogP contribution in [0, 0.1) is 0 Å². The van der Waals surface area contributed by atoms with E-state index in [1.54, 1.807) is 0 Å². The first-order valence-corrected chi connectivity index (χ1v) is 8.62. The monoisotopic (exact) mass is 349 g/mol. The predicted molar refractivity (Wildman–Crippen MR) is 77.6 cm³/mol. The van der Waals surface area contributed by atoms with Gasteiger partial charge in [-0.25, -0.2) is 0 Å². The Bertz CT molecular complexity index is 512. The molecule has 5 atom stereocenters. The third-order valence-electron chi connectivity index (χ3n) is 3.77. The summed E-state index contributed by atoms with van der Waals surface area (Å²) < 4.78 is 5.01. The van der Waals surface area contributed by atoms with Gasteiger partial charge in [-0.05, 0) is 0 Å². The second kappa shape index (κ2) is 6.11. The van der Waals surface area contributed by atoms with Crippen LogP contribution in [0.5, 0.6) is 0 Å². The minimum atomic E-state index is -1.68. The largest absolute Gasteiger partial charge is 0.394 e. The van der Waals surface area contributed by atoms with Crippen molar-refractivity contribution >= 4 is 35.3 Å². The van der Waals surface area contributed by atoms with Crippen molar-refractivity contribution in [1.82, 2.24) is 4.90 Å². The van der Waals surface area contributed by atoms with E-state index in [-0.39, 0.29) is 0 Å². The smallest absolute Gasteiger partial charge is 0.269 e. The van der Waals surface area contributed by atoms with Crippen LogP contribution in [-0.2, 0) is 14.3 Å². The number of hydrogen-bond acceptors (Lipinski definition) is 9. The van der Waals surface area contributed by atoms with Crippen LogP contribution in [0.3, 0.4) is 0 Å². The first-order chi connectivity index (χ1) is 10.5. The van der Waals surface area contributed by atoms with E-state index < -0.39 is 49.1 Å². The molecule has 3 rings (SSSR count). The Hall–Kier alpha value is -0.620. The van der Waals surface area contributed by atoms with Crippen LogP contribution in [0.4, 0.5) is 0 Å². The van der Waals surface area contributed by atoms with Crippen molar-refractivity contribution in [1.29, 1.82) is 0 Å². The summed E-state index contributed by atoms with van der Waals surface area (Å²) in [7, 11) is 0. The van der Waals surface area contributed by atoms with Crippen LogP contribution in [0.25, 0.3) is 0 Å². The molecule has 0 aromatic rings. The summed E-state index contributed by atoms with van der Waals surface area (Å²) >= 11 is 2.52. The van der Waals surface area contributed by atoms with Crippen molar-refractivity contribution in [2.45, 2.75) is 30.6 Å². The Morgan fingerprint density at radius 2 is 1.59 bits per heavy atom. The standard InChI is InChI=1S/C12H15NO7S2/c14-3-4-6(15)7(16)5(12(19)20-4)13-10(17)8-9(11(13)18)22-2-1-21-8/h4-7,12,14-16,19H,1-3H2/t4?,5?,6-,7?,12+/m0/s1. The highest BCUT2D eigenvalue weighted by atomic mass is 32.2. The van der Waals surface area contributed by atoms with Gasteiger partial charge in [0.25, 0.3) is 11.8 Å². The molecule has 3 aliphatic rings. The van der Waals surface area contributed by atoms with Crippen LogP contribution in [0.15, 0.2) is 9.81 Å². The first-order valence-electron chi connectivity index (χ1n) is 6.65. The second-order valence-corrected chi connectivity index (χ2v) is 7.27. The topological polar surface area (TPSA) is 128 Å². The van der Waals surface area contributed by atoms with Crippen molar-refractivity contribution in [3.05, 3.63) is 9.81 Å². The predicted octanol–water partition coefficient (Wildman–Crippen LogP) is -2.15. The lowest BCUT2D eigenvalue weighted by atomic mass is 9.96. The number of rotatable bonds is 2. The molecular formula is C12H15NO7S2. The summed E-state index contributed by atoms with van der Waals surface area (Å²) in [4.78, 5) is 26.2. The molecule has 3 heterocycles. The Kier molecular flexibility index (Phi) is 4.52. The summed E-state index contributed by atoms with van der Waals surface area (Å²) in [5.74, 6) is 0.187. The minimum absolute atomic E-state index is 0.305. The fourth-order valence-corrected chi connectivity index (χ4v) is 4.99. The van der Waals surface area contributed by atoms with E-state index in [1.807, 2.05) is 0 Å². The zero-order chi connectivity index (χ0) is 16.0. The first kappa shape index (κ1) is 16.2. The number of aliphatic hydroxyl groups is 4. The molecule has 0 radical (unpaired) electrons. The van der Waals surface area contributed by atoms with Gasteiger partial charge in [-0.3, -0.25) is 14.5 Å². The van der Waals surface area contributed by atoms with E-state index in [1.165, 1.54) is 23.5 Å². The van der Waals surface area contributed by atoms with Crippen LogP contribution < -0.4 is 0 Å². The van der Waals surface area contributed by atoms with Crippen LogP contribution in [0.2, 0.25) is 0 Å². The number of nitrogens with zero attached hydrogens (tertiary/aromatic N) is 1. The number of carbonyl (C=O) groups is 2. The molecule has 4 N–H and O–H groups in total. The molecule has 10 heteroatoms. The average Bonchev–Trinajstić information content (AvgIpc) is 2.77. The fourth-order valence-electron chi connectivity index (χ4n) is 2.68. The maximum absolute atomic E-state index is 12.4. The molecule has 0 aromatic carbocycles. The van der Waals surface area contributed by atoms with Crippen LogP contribution in [-0.4, -0.2) is 85.9 Å². The lowest BCUT2D eigenvalue weighted by Gasteiger charge is -2.43. The molecule has 22 heavy (non-hydrogen) atoms. The molecule has 2 amide bonds. The van der Waals surface area contributed by atoms with E-state index >= 15 is 0 Å². The Morgan fingerprint density at radius 3 is 2.09 bits per heavy atom. The SMILES string of the molecule is O=C1C2=C(SCCS2)C(=O)N1C1C(O)[C@@H](O)C(CO)O[C@H]1O. The molecule has 0 aliphatic carbocycles. The summed E-state index contributed by atoms with van der Waals surface area (Å²) in [6.45, 7) is -0.607. The lowest BCUT2D eigenvalue weighted by Crippen LogP contribution is -2.65. The van der Waals surface area contributed by atoms with Gasteiger partial charge in [0.15, 0.2) is 6.29 Å². The quantitative estimate of drug-likeness (QED) is 0.412. The number of thioether (sulfide) groups is 2. The van der Waals surface area contributed by atoms with E-state index in [0.29, 0.717) is 21.3 Å². The van der Waals surface area contributed by atoms with Crippen molar-refractivity contribution in [2.75, 3.05) is 18.1 Å². The van der Waals surface area contributed by atoms with Crippen molar-refractivity contribution in [3.8, 4) is 0 Å². The van der Waals surface area contributed by atoms with Crippen LogP contribution >= 0.6 is 23.5 Å². The van der Waals surface area contributed by atoms with Crippen molar-refractivity contribution in [3.63, 3.8) is 0 Å². The summed E-state index contributed by atoms with van der Waals surface area (Å²) in [6.07, 6.45) is -5.98. The average molecular weight is 349 g/mol. The number of amides is 2. The summed E-state index contributed by atoms with van der Waals surface area (Å²) in [5.41, 5.74) is 0. The molecule has 122 valence electrons. The lowest BCUT2D eigenvalue weighted by molar-refractivity contribution is -0.267. The van der Waals surface area contributed by atoms with Crippen LogP contribution in [0.1, 0.15) is 0 Å². The zero-order valence-electron chi connectivity index (χ0n) is 11.3. The van der Waals surface area contributed by atoms with E-state index in [9.17, 15) is 24.9 Å². The van der Waals surface area contributed by atoms with Crippen molar-refractivity contribution in [2.24, 2.45) is 0 Å².